The maximum absolute atomic E-state index is 12.3. The highest BCUT2D eigenvalue weighted by molar-refractivity contribution is 7.98. The van der Waals surface area contributed by atoms with Crippen LogP contribution in [0.5, 0.6) is 0 Å². The molecule has 0 fully saturated rings. The van der Waals surface area contributed by atoms with E-state index < -0.39 is 0 Å². The third kappa shape index (κ3) is 5.84. The molecule has 0 aliphatic rings. The van der Waals surface area contributed by atoms with E-state index in [2.05, 4.69) is 15.5 Å². The van der Waals surface area contributed by atoms with Crippen molar-refractivity contribution in [3.63, 3.8) is 0 Å². The zero-order valence-corrected chi connectivity index (χ0v) is 18.6. The van der Waals surface area contributed by atoms with Crippen LogP contribution in [0, 0.1) is 0 Å². The number of hydrogen-bond acceptors (Lipinski definition) is 5. The van der Waals surface area contributed by atoms with Crippen LogP contribution in [-0.2, 0) is 17.1 Å². The first-order chi connectivity index (χ1) is 14.5. The van der Waals surface area contributed by atoms with Crippen molar-refractivity contribution in [3.05, 3.63) is 69.7 Å². The summed E-state index contributed by atoms with van der Waals surface area (Å²) in [7, 11) is 0. The van der Waals surface area contributed by atoms with Gasteiger partial charge in [0, 0.05) is 40.7 Å². The molecule has 3 rings (SSSR count). The van der Waals surface area contributed by atoms with Gasteiger partial charge in [0.05, 0.1) is 0 Å². The van der Waals surface area contributed by atoms with Gasteiger partial charge in [-0.05, 0) is 42.8 Å². The predicted molar refractivity (Wildman–Crippen MR) is 120 cm³/mol. The molecular weight excluding hydrogens is 443 g/mol. The Morgan fingerprint density at radius 1 is 1.03 bits per heavy atom. The van der Waals surface area contributed by atoms with Crippen molar-refractivity contribution in [3.8, 4) is 0 Å². The number of rotatable bonds is 9. The first-order valence-corrected chi connectivity index (χ1v) is 11.1. The lowest BCUT2D eigenvalue weighted by molar-refractivity contribution is -0.116. The van der Waals surface area contributed by atoms with Gasteiger partial charge in [-0.15, -0.1) is 10.2 Å². The molecule has 1 heterocycles. The third-order valence-electron chi connectivity index (χ3n) is 4.34. The van der Waals surface area contributed by atoms with Crippen LogP contribution in [0.25, 0.3) is 0 Å². The number of nitrogens with one attached hydrogen (secondary N) is 1. The van der Waals surface area contributed by atoms with Crippen LogP contribution in [0.3, 0.4) is 0 Å². The summed E-state index contributed by atoms with van der Waals surface area (Å²) >= 11 is 13.5. The van der Waals surface area contributed by atoms with Gasteiger partial charge in [0.25, 0.3) is 0 Å². The van der Waals surface area contributed by atoms with Crippen LogP contribution in [-0.4, -0.2) is 26.5 Å². The number of hydrogen-bond donors (Lipinski definition) is 1. The van der Waals surface area contributed by atoms with E-state index in [1.807, 2.05) is 35.8 Å². The Morgan fingerprint density at radius 2 is 1.77 bits per heavy atom. The Labute approximate surface area is 189 Å². The average molecular weight is 463 g/mol. The fourth-order valence-electron chi connectivity index (χ4n) is 2.73. The first kappa shape index (κ1) is 22.3. The lowest BCUT2D eigenvalue weighted by Gasteiger charge is -2.09. The maximum Gasteiger partial charge on any atom is 0.231 e. The third-order valence-corrected chi connectivity index (χ3v) is 5.98. The Morgan fingerprint density at radius 3 is 2.47 bits per heavy atom. The minimum atomic E-state index is -0.290. The largest absolute Gasteiger partial charge is 0.295 e. The molecule has 156 valence electrons. The molecule has 2 aromatic carbocycles. The Kier molecular flexibility index (Phi) is 7.90. The molecular formula is C21H20Cl2N4O2S. The SMILES string of the molecule is CCn1c(NC(=O)CCC(=O)c2ccc(Cl)cc2)nnc1SCc1ccccc1Cl. The normalized spacial score (nSPS) is 10.8. The lowest BCUT2D eigenvalue weighted by Crippen LogP contribution is -2.17. The van der Waals surface area contributed by atoms with Gasteiger partial charge >= 0.3 is 0 Å². The zero-order valence-electron chi connectivity index (χ0n) is 16.3. The van der Waals surface area contributed by atoms with Gasteiger partial charge in [-0.3, -0.25) is 19.5 Å². The quantitative estimate of drug-likeness (QED) is 0.335. The number of nitrogens with zero attached hydrogens (tertiary/aromatic N) is 3. The minimum absolute atomic E-state index is 0.0557. The van der Waals surface area contributed by atoms with E-state index in [-0.39, 0.29) is 24.5 Å². The summed E-state index contributed by atoms with van der Waals surface area (Å²) in [5, 5.41) is 13.0. The van der Waals surface area contributed by atoms with Crippen LogP contribution >= 0.6 is 35.0 Å². The topological polar surface area (TPSA) is 76.9 Å². The van der Waals surface area contributed by atoms with Crippen molar-refractivity contribution in [2.24, 2.45) is 0 Å². The first-order valence-electron chi connectivity index (χ1n) is 9.36. The van der Waals surface area contributed by atoms with Crippen molar-refractivity contribution in [1.82, 2.24) is 14.8 Å². The second kappa shape index (κ2) is 10.6. The molecule has 1 aromatic heterocycles. The second-order valence-electron chi connectivity index (χ2n) is 6.41. The molecule has 3 aromatic rings. The van der Waals surface area contributed by atoms with Crippen molar-refractivity contribution in [2.75, 3.05) is 5.32 Å². The number of thioether (sulfide) groups is 1. The van der Waals surface area contributed by atoms with Gasteiger partial charge in [0.15, 0.2) is 10.9 Å². The van der Waals surface area contributed by atoms with Gasteiger partial charge in [-0.1, -0.05) is 53.2 Å². The fourth-order valence-corrected chi connectivity index (χ4v) is 4.14. The molecule has 0 radical (unpaired) electrons. The van der Waals surface area contributed by atoms with Crippen LogP contribution in [0.15, 0.2) is 53.7 Å². The summed E-state index contributed by atoms with van der Waals surface area (Å²) in [4.78, 5) is 24.5. The van der Waals surface area contributed by atoms with Gasteiger partial charge in [-0.2, -0.15) is 0 Å². The number of Topliss-reactive ketones (excluding diaryl/α,β-unsaturated/α-hetero) is 1. The molecule has 1 amide bonds. The summed E-state index contributed by atoms with van der Waals surface area (Å²) in [6.45, 7) is 2.54. The van der Waals surface area contributed by atoms with E-state index >= 15 is 0 Å². The summed E-state index contributed by atoms with van der Waals surface area (Å²) in [6, 6.07) is 14.2. The highest BCUT2D eigenvalue weighted by Gasteiger charge is 2.16. The number of anilines is 1. The van der Waals surface area contributed by atoms with Crippen LogP contribution in [0.4, 0.5) is 5.95 Å². The zero-order chi connectivity index (χ0) is 21.5. The highest BCUT2D eigenvalue weighted by atomic mass is 35.5. The van der Waals surface area contributed by atoms with Crippen LogP contribution in [0.2, 0.25) is 10.0 Å². The van der Waals surface area contributed by atoms with Crippen molar-refractivity contribution in [1.29, 1.82) is 0 Å². The van der Waals surface area contributed by atoms with E-state index in [1.165, 1.54) is 11.8 Å². The van der Waals surface area contributed by atoms with E-state index in [0.29, 0.717) is 39.0 Å². The molecule has 0 saturated carbocycles. The Bertz CT molecular complexity index is 1040. The Hall–Kier alpha value is -2.35. The predicted octanol–water partition coefficient (Wildman–Crippen LogP) is 5.50. The second-order valence-corrected chi connectivity index (χ2v) is 8.19. The summed E-state index contributed by atoms with van der Waals surface area (Å²) in [5.74, 6) is 0.598. The van der Waals surface area contributed by atoms with E-state index in [4.69, 9.17) is 23.2 Å². The van der Waals surface area contributed by atoms with Crippen molar-refractivity contribution < 1.29 is 9.59 Å². The molecule has 30 heavy (non-hydrogen) atoms. The van der Waals surface area contributed by atoms with Crippen molar-refractivity contribution in [2.45, 2.75) is 37.2 Å². The molecule has 0 spiro atoms. The molecule has 0 bridgehead atoms. The van der Waals surface area contributed by atoms with E-state index in [0.717, 1.165) is 5.56 Å². The standard InChI is InChI=1S/C21H20Cl2N4O2S/c1-2-27-20(25-26-21(27)30-13-15-5-3-4-6-17(15)23)24-19(29)12-11-18(28)14-7-9-16(22)10-8-14/h3-10H,2,11-13H2,1H3,(H,24,25,29). The minimum Gasteiger partial charge on any atom is -0.295 e. The molecule has 0 atom stereocenters. The van der Waals surface area contributed by atoms with E-state index in [9.17, 15) is 9.59 Å². The number of carbonyl (C=O) groups excluding carboxylic acids is 2. The molecule has 0 saturated heterocycles. The van der Waals surface area contributed by atoms with E-state index in [1.54, 1.807) is 24.3 Å². The summed E-state index contributed by atoms with van der Waals surface area (Å²) < 4.78 is 1.82. The average Bonchev–Trinajstić information content (AvgIpc) is 3.13. The number of carbonyl (C=O) groups is 2. The Balaban J connectivity index is 1.57. The maximum atomic E-state index is 12.3. The molecule has 0 aliphatic carbocycles. The number of benzene rings is 2. The monoisotopic (exact) mass is 462 g/mol. The number of aromatic nitrogens is 3. The number of halogens is 2. The summed E-state index contributed by atoms with van der Waals surface area (Å²) in [6.07, 6.45) is 0.155. The van der Waals surface area contributed by atoms with Crippen LogP contribution < -0.4 is 5.32 Å². The van der Waals surface area contributed by atoms with Crippen LogP contribution in [0.1, 0.15) is 35.7 Å². The molecule has 9 heteroatoms. The highest BCUT2D eigenvalue weighted by Crippen LogP contribution is 2.27. The molecule has 6 nitrogen and oxygen atoms in total. The lowest BCUT2D eigenvalue weighted by atomic mass is 10.1. The molecule has 0 aliphatic heterocycles. The molecule has 1 N–H and O–H groups in total. The summed E-state index contributed by atoms with van der Waals surface area (Å²) in [5.41, 5.74) is 1.53. The van der Waals surface area contributed by atoms with Gasteiger partial charge in [0.1, 0.15) is 0 Å². The van der Waals surface area contributed by atoms with Gasteiger partial charge < -0.3 is 0 Å². The smallest absolute Gasteiger partial charge is 0.231 e. The number of amides is 1. The van der Waals surface area contributed by atoms with Gasteiger partial charge in [0.2, 0.25) is 11.9 Å². The fraction of sp³-hybridized carbons (Fsp3) is 0.238. The molecule has 0 unspecified atom stereocenters. The van der Waals surface area contributed by atoms with Crippen molar-refractivity contribution >= 4 is 52.6 Å². The number of ketones is 1. The van der Waals surface area contributed by atoms with Gasteiger partial charge in [-0.25, -0.2) is 0 Å².